The van der Waals surface area contributed by atoms with Crippen LogP contribution in [-0.4, -0.2) is 51.2 Å². The number of anilines is 2. The second-order valence-corrected chi connectivity index (χ2v) is 6.84. The summed E-state index contributed by atoms with van der Waals surface area (Å²) in [4.78, 5) is 23.6. The van der Waals surface area contributed by atoms with Crippen molar-refractivity contribution in [2.45, 2.75) is 6.54 Å². The summed E-state index contributed by atoms with van der Waals surface area (Å²) < 4.78 is 5.41. The largest absolute Gasteiger partial charge is 0.378 e. The maximum absolute atomic E-state index is 5.41. The molecule has 0 amide bonds. The highest BCUT2D eigenvalue weighted by atomic mass is 16.5. The van der Waals surface area contributed by atoms with Crippen molar-refractivity contribution in [2.75, 3.05) is 36.5 Å². The molecule has 1 saturated heterocycles. The van der Waals surface area contributed by atoms with Gasteiger partial charge < -0.3 is 19.9 Å². The van der Waals surface area contributed by atoms with E-state index in [2.05, 4.69) is 42.3 Å². The summed E-state index contributed by atoms with van der Waals surface area (Å²) in [6.45, 7) is 3.85. The van der Waals surface area contributed by atoms with Crippen LogP contribution in [0.15, 0.2) is 55.0 Å². The van der Waals surface area contributed by atoms with Gasteiger partial charge in [0.2, 0.25) is 0 Å². The van der Waals surface area contributed by atoms with Crippen LogP contribution < -0.4 is 10.2 Å². The lowest BCUT2D eigenvalue weighted by Gasteiger charge is -2.27. The number of H-pyrrole nitrogens is 1. The van der Waals surface area contributed by atoms with Gasteiger partial charge in [-0.2, -0.15) is 0 Å². The molecule has 1 aromatic carbocycles. The highest BCUT2D eigenvalue weighted by molar-refractivity contribution is 5.84. The van der Waals surface area contributed by atoms with Crippen LogP contribution in [0, 0.1) is 0 Å². The van der Waals surface area contributed by atoms with E-state index in [-0.39, 0.29) is 0 Å². The molecule has 8 nitrogen and oxygen atoms in total. The highest BCUT2D eigenvalue weighted by Crippen LogP contribution is 2.24. The highest BCUT2D eigenvalue weighted by Gasteiger charge is 2.15. The molecule has 4 heterocycles. The zero-order chi connectivity index (χ0) is 19.5. The minimum atomic E-state index is 0.598. The maximum Gasteiger partial charge on any atom is 0.183 e. The molecule has 146 valence electrons. The normalized spacial score (nSPS) is 14.3. The zero-order valence-corrected chi connectivity index (χ0v) is 15.9. The lowest BCUT2D eigenvalue weighted by atomic mass is 10.2. The van der Waals surface area contributed by atoms with Crippen molar-refractivity contribution in [3.05, 3.63) is 60.6 Å². The van der Waals surface area contributed by atoms with Crippen molar-refractivity contribution in [1.82, 2.24) is 24.9 Å². The van der Waals surface area contributed by atoms with Gasteiger partial charge in [-0.05, 0) is 17.7 Å². The Labute approximate surface area is 168 Å². The number of benzene rings is 1. The third-order valence-corrected chi connectivity index (χ3v) is 4.93. The van der Waals surface area contributed by atoms with Gasteiger partial charge in [-0.1, -0.05) is 30.3 Å². The van der Waals surface area contributed by atoms with Crippen LogP contribution in [0.25, 0.3) is 22.6 Å². The molecular weight excluding hydrogens is 366 g/mol. The molecule has 8 heteroatoms. The lowest BCUT2D eigenvalue weighted by Crippen LogP contribution is -2.36. The summed E-state index contributed by atoms with van der Waals surface area (Å²) in [6, 6.07) is 14.2. The van der Waals surface area contributed by atoms with Gasteiger partial charge in [-0.3, -0.25) is 0 Å². The number of hydrogen-bond donors (Lipinski definition) is 2. The van der Waals surface area contributed by atoms with E-state index in [0.717, 1.165) is 49.0 Å². The van der Waals surface area contributed by atoms with Crippen LogP contribution >= 0.6 is 0 Å². The third-order valence-electron chi connectivity index (χ3n) is 4.93. The van der Waals surface area contributed by atoms with Gasteiger partial charge >= 0.3 is 0 Å². The first kappa shape index (κ1) is 17.6. The SMILES string of the molecule is c1ccc(CNc2nc(-c3ccc(N4CCOCC4)nc3)nc3nc[nH]c23)cc1. The minimum Gasteiger partial charge on any atom is -0.378 e. The Morgan fingerprint density at radius 3 is 2.66 bits per heavy atom. The summed E-state index contributed by atoms with van der Waals surface area (Å²) in [6.07, 6.45) is 3.45. The predicted octanol–water partition coefficient (Wildman–Crippen LogP) is 2.86. The molecular formula is C21H21N7O. The number of rotatable bonds is 5. The summed E-state index contributed by atoms with van der Waals surface area (Å²) in [5.41, 5.74) is 3.46. The maximum atomic E-state index is 5.41. The van der Waals surface area contributed by atoms with Crippen LogP contribution in [-0.2, 0) is 11.3 Å². The third kappa shape index (κ3) is 3.74. The summed E-state index contributed by atoms with van der Waals surface area (Å²) in [5, 5.41) is 3.40. The molecule has 1 fully saturated rings. The molecule has 0 radical (unpaired) electrons. The fourth-order valence-corrected chi connectivity index (χ4v) is 3.37. The van der Waals surface area contributed by atoms with E-state index in [9.17, 15) is 0 Å². The van der Waals surface area contributed by atoms with Crippen LogP contribution in [0.3, 0.4) is 0 Å². The molecule has 0 saturated carbocycles. The monoisotopic (exact) mass is 387 g/mol. The fourth-order valence-electron chi connectivity index (χ4n) is 3.37. The van der Waals surface area contributed by atoms with Crippen LogP contribution in [0.2, 0.25) is 0 Å². The summed E-state index contributed by atoms with van der Waals surface area (Å²) >= 11 is 0. The zero-order valence-electron chi connectivity index (χ0n) is 15.9. The van der Waals surface area contributed by atoms with Crippen LogP contribution in [0.5, 0.6) is 0 Å². The number of aromatic nitrogens is 5. The molecule has 2 N–H and O–H groups in total. The van der Waals surface area contributed by atoms with Crippen molar-refractivity contribution in [3.63, 3.8) is 0 Å². The van der Waals surface area contributed by atoms with Crippen molar-refractivity contribution < 1.29 is 4.74 Å². The molecule has 0 spiro atoms. The van der Waals surface area contributed by atoms with E-state index in [1.807, 2.05) is 36.5 Å². The fraction of sp³-hybridized carbons (Fsp3) is 0.238. The van der Waals surface area contributed by atoms with E-state index in [4.69, 9.17) is 9.72 Å². The summed E-state index contributed by atoms with van der Waals surface area (Å²) in [5.74, 6) is 2.27. The van der Waals surface area contributed by atoms with Gasteiger partial charge in [-0.25, -0.2) is 19.9 Å². The van der Waals surface area contributed by atoms with Gasteiger partial charge in [0, 0.05) is 31.4 Å². The second kappa shape index (κ2) is 7.84. The van der Waals surface area contributed by atoms with Crippen molar-refractivity contribution in [3.8, 4) is 11.4 Å². The molecule has 0 atom stereocenters. The topological polar surface area (TPSA) is 91.8 Å². The van der Waals surface area contributed by atoms with Gasteiger partial charge in [-0.15, -0.1) is 0 Å². The smallest absolute Gasteiger partial charge is 0.183 e. The van der Waals surface area contributed by atoms with Gasteiger partial charge in [0.25, 0.3) is 0 Å². The molecule has 1 aliphatic rings. The Bertz CT molecular complexity index is 1090. The summed E-state index contributed by atoms with van der Waals surface area (Å²) in [7, 11) is 0. The standard InChI is InChI=1S/C21H21N7O/c1-2-4-15(5-3-1)12-23-20-18-21(25-14-24-18)27-19(26-20)16-6-7-17(22-13-16)28-8-10-29-11-9-28/h1-7,13-14H,8-12H2,(H2,23,24,25,26,27). The number of ether oxygens (including phenoxy) is 1. The molecule has 0 aliphatic carbocycles. The average molecular weight is 387 g/mol. The first-order valence-electron chi connectivity index (χ1n) is 9.65. The molecule has 5 rings (SSSR count). The van der Waals surface area contributed by atoms with Crippen molar-refractivity contribution in [2.24, 2.45) is 0 Å². The molecule has 29 heavy (non-hydrogen) atoms. The average Bonchev–Trinajstić information content (AvgIpc) is 3.28. The van der Waals surface area contributed by atoms with E-state index in [1.54, 1.807) is 6.33 Å². The first-order chi connectivity index (χ1) is 14.4. The molecule has 4 aromatic rings. The van der Waals surface area contributed by atoms with E-state index in [1.165, 1.54) is 5.56 Å². The Kier molecular flexibility index (Phi) is 4.75. The van der Waals surface area contributed by atoms with Crippen molar-refractivity contribution in [1.29, 1.82) is 0 Å². The Hall–Kier alpha value is -3.52. The van der Waals surface area contributed by atoms with Gasteiger partial charge in [0.15, 0.2) is 17.3 Å². The van der Waals surface area contributed by atoms with Crippen LogP contribution in [0.1, 0.15) is 5.56 Å². The number of morpholine rings is 1. The number of imidazole rings is 1. The van der Waals surface area contributed by atoms with E-state index < -0.39 is 0 Å². The number of nitrogens with zero attached hydrogens (tertiary/aromatic N) is 5. The molecule has 3 aromatic heterocycles. The molecule has 1 aliphatic heterocycles. The molecule has 0 unspecified atom stereocenters. The minimum absolute atomic E-state index is 0.598. The number of hydrogen-bond acceptors (Lipinski definition) is 7. The number of nitrogens with one attached hydrogen (secondary N) is 2. The number of pyridine rings is 1. The van der Waals surface area contributed by atoms with Gasteiger partial charge in [0.05, 0.1) is 19.5 Å². The Morgan fingerprint density at radius 1 is 1.00 bits per heavy atom. The number of fused-ring (bicyclic) bond motifs is 1. The first-order valence-corrected chi connectivity index (χ1v) is 9.65. The predicted molar refractivity (Wildman–Crippen MR) is 112 cm³/mol. The quantitative estimate of drug-likeness (QED) is 0.544. The molecule has 0 bridgehead atoms. The van der Waals surface area contributed by atoms with Gasteiger partial charge in [0.1, 0.15) is 11.3 Å². The van der Waals surface area contributed by atoms with Crippen molar-refractivity contribution >= 4 is 22.8 Å². The second-order valence-electron chi connectivity index (χ2n) is 6.84. The lowest BCUT2D eigenvalue weighted by molar-refractivity contribution is 0.122. The Morgan fingerprint density at radius 2 is 1.86 bits per heavy atom. The Balaban J connectivity index is 1.42. The van der Waals surface area contributed by atoms with E-state index in [0.29, 0.717) is 18.0 Å². The van der Waals surface area contributed by atoms with E-state index >= 15 is 0 Å². The number of aromatic amines is 1. The van der Waals surface area contributed by atoms with Crippen LogP contribution in [0.4, 0.5) is 11.6 Å².